The molecule has 0 aromatic rings. The zero-order chi connectivity index (χ0) is 11.7. The van der Waals surface area contributed by atoms with E-state index in [0.29, 0.717) is 13.2 Å². The van der Waals surface area contributed by atoms with E-state index in [0.717, 1.165) is 5.31 Å². The quantitative estimate of drug-likeness (QED) is 0.384. The van der Waals surface area contributed by atoms with Crippen LogP contribution in [0.4, 0.5) is 0 Å². The first-order valence-electron chi connectivity index (χ1n) is 5.05. The van der Waals surface area contributed by atoms with Crippen LogP contribution in [0.2, 0.25) is 0 Å². The van der Waals surface area contributed by atoms with Crippen LogP contribution in [0.3, 0.4) is 0 Å². The summed E-state index contributed by atoms with van der Waals surface area (Å²) in [5, 5.41) is 6.92. The molecule has 88 valence electrons. The van der Waals surface area contributed by atoms with Crippen LogP contribution in [0.25, 0.3) is 0 Å². The lowest BCUT2D eigenvalue weighted by molar-refractivity contribution is 0.274. The first kappa shape index (κ1) is 14.6. The maximum absolute atomic E-state index is 5.50. The summed E-state index contributed by atoms with van der Waals surface area (Å²) >= 11 is 0. The van der Waals surface area contributed by atoms with Crippen molar-refractivity contribution >= 4 is 14.6 Å². The van der Waals surface area contributed by atoms with E-state index in [2.05, 4.69) is 5.10 Å². The molecule has 0 amide bonds. The molecule has 0 rings (SSSR count). The first-order valence-corrected chi connectivity index (χ1v) is 6.23. The third kappa shape index (κ3) is 7.48. The summed E-state index contributed by atoms with van der Waals surface area (Å²) in [4.78, 5) is 0. The Morgan fingerprint density at radius 1 is 1.27 bits per heavy atom. The minimum absolute atomic E-state index is 0.668. The molecule has 0 saturated carbocycles. The van der Waals surface area contributed by atoms with Gasteiger partial charge in [0, 0.05) is 25.6 Å². The van der Waals surface area contributed by atoms with E-state index >= 15 is 0 Å². The molecular weight excluding hydrogens is 211 g/mol. The Morgan fingerprint density at radius 3 is 2.20 bits per heavy atom. The molecule has 0 N–H and O–H groups in total. The molecule has 0 saturated heterocycles. The van der Waals surface area contributed by atoms with Crippen LogP contribution in [-0.2, 0) is 9.05 Å². The Labute approximate surface area is 93.9 Å². The Kier molecular flexibility index (Phi) is 8.58. The molecule has 0 unspecified atom stereocenters. The average molecular weight is 232 g/mol. The highest BCUT2D eigenvalue weighted by Gasteiger charge is 2.10. The van der Waals surface area contributed by atoms with Crippen molar-refractivity contribution in [3.8, 4) is 0 Å². The second-order valence-electron chi connectivity index (χ2n) is 3.01. The Morgan fingerprint density at radius 2 is 1.80 bits per heavy atom. The van der Waals surface area contributed by atoms with Crippen LogP contribution < -0.4 is 0 Å². The monoisotopic (exact) mass is 232 g/mol. The Bertz CT molecular complexity index is 211. The van der Waals surface area contributed by atoms with Crippen molar-refractivity contribution in [1.82, 2.24) is 5.01 Å². The van der Waals surface area contributed by atoms with E-state index in [4.69, 9.17) is 9.05 Å². The van der Waals surface area contributed by atoms with Crippen LogP contribution >= 0.6 is 8.38 Å². The highest BCUT2D eigenvalue weighted by molar-refractivity contribution is 7.52. The SMILES string of the molecule is CCOP(OCC)/C(C)=C/C=N/N(C)C. The van der Waals surface area contributed by atoms with E-state index in [9.17, 15) is 0 Å². The van der Waals surface area contributed by atoms with Gasteiger partial charge in [0.05, 0.1) is 13.2 Å². The molecule has 0 heterocycles. The van der Waals surface area contributed by atoms with Gasteiger partial charge in [0.15, 0.2) is 0 Å². The summed E-state index contributed by atoms with van der Waals surface area (Å²) in [7, 11) is 2.86. The molecule has 0 aliphatic heterocycles. The molecule has 0 fully saturated rings. The third-order valence-electron chi connectivity index (χ3n) is 1.39. The van der Waals surface area contributed by atoms with Crippen molar-refractivity contribution in [2.75, 3.05) is 27.3 Å². The number of hydrazone groups is 1. The van der Waals surface area contributed by atoms with Crippen molar-refractivity contribution in [3.63, 3.8) is 0 Å². The standard InChI is InChI=1S/C10H21N2O2P/c1-6-13-15(14-7-2)10(3)8-9-11-12(4)5/h8-9H,6-7H2,1-5H3/b10-8+,11-9+. The molecular formula is C10H21N2O2P. The molecule has 0 bridgehead atoms. The summed E-state index contributed by atoms with van der Waals surface area (Å²) in [6.07, 6.45) is 3.68. The molecule has 0 aliphatic carbocycles. The van der Waals surface area contributed by atoms with Gasteiger partial charge in [0.25, 0.3) is 0 Å². The van der Waals surface area contributed by atoms with E-state index in [-0.39, 0.29) is 0 Å². The minimum Gasteiger partial charge on any atom is -0.331 e. The Hall–Kier alpha value is -0.440. The fourth-order valence-corrected chi connectivity index (χ4v) is 1.95. The number of rotatable bonds is 7. The van der Waals surface area contributed by atoms with Crippen LogP contribution in [0.5, 0.6) is 0 Å². The predicted molar refractivity (Wildman–Crippen MR) is 66.1 cm³/mol. The summed E-state index contributed by atoms with van der Waals surface area (Å²) in [6.45, 7) is 7.27. The first-order chi connectivity index (χ1) is 7.11. The second kappa shape index (κ2) is 8.84. The molecule has 4 nitrogen and oxygen atoms in total. The van der Waals surface area contributed by atoms with Crippen molar-refractivity contribution in [2.45, 2.75) is 20.8 Å². The highest BCUT2D eigenvalue weighted by Crippen LogP contribution is 2.46. The average Bonchev–Trinajstić information content (AvgIpc) is 2.16. The van der Waals surface area contributed by atoms with Crippen molar-refractivity contribution in [2.24, 2.45) is 5.10 Å². The maximum Gasteiger partial charge on any atom is 0.200 e. The smallest absolute Gasteiger partial charge is 0.200 e. The van der Waals surface area contributed by atoms with Gasteiger partial charge in [0.1, 0.15) is 0 Å². The molecule has 15 heavy (non-hydrogen) atoms. The van der Waals surface area contributed by atoms with Gasteiger partial charge in [-0.2, -0.15) is 5.10 Å². The highest BCUT2D eigenvalue weighted by atomic mass is 31.2. The van der Waals surface area contributed by atoms with Gasteiger partial charge in [-0.25, -0.2) is 0 Å². The summed E-state index contributed by atoms with van der Waals surface area (Å²) in [5.41, 5.74) is 0. The number of hydrogen-bond acceptors (Lipinski definition) is 4. The van der Waals surface area contributed by atoms with Gasteiger partial charge < -0.3 is 14.1 Å². The zero-order valence-electron chi connectivity index (χ0n) is 10.2. The fourth-order valence-electron chi connectivity index (χ4n) is 0.811. The maximum atomic E-state index is 5.50. The van der Waals surface area contributed by atoms with Gasteiger partial charge in [-0.3, -0.25) is 0 Å². The number of hydrogen-bond donors (Lipinski definition) is 0. The molecule has 0 radical (unpaired) electrons. The lowest BCUT2D eigenvalue weighted by atomic mass is 10.6. The summed E-state index contributed by atoms with van der Waals surface area (Å²) < 4.78 is 11.0. The topological polar surface area (TPSA) is 34.1 Å². The van der Waals surface area contributed by atoms with E-state index in [1.807, 2.05) is 40.9 Å². The van der Waals surface area contributed by atoms with E-state index in [1.54, 1.807) is 11.2 Å². The van der Waals surface area contributed by atoms with Gasteiger partial charge in [-0.05, 0) is 26.8 Å². The van der Waals surface area contributed by atoms with Crippen LogP contribution in [0.15, 0.2) is 16.5 Å². The van der Waals surface area contributed by atoms with Crippen LogP contribution in [-0.4, -0.2) is 38.5 Å². The molecule has 5 heteroatoms. The summed E-state index contributed by atoms with van der Waals surface area (Å²) in [6, 6.07) is 0. The lowest BCUT2D eigenvalue weighted by Crippen LogP contribution is -2.00. The Balaban J connectivity index is 4.26. The van der Waals surface area contributed by atoms with Crippen molar-refractivity contribution in [3.05, 3.63) is 11.4 Å². The number of allylic oxidation sites excluding steroid dienone is 2. The van der Waals surface area contributed by atoms with Crippen molar-refractivity contribution < 1.29 is 9.05 Å². The van der Waals surface area contributed by atoms with Crippen LogP contribution in [0, 0.1) is 0 Å². The fraction of sp³-hybridized carbons (Fsp3) is 0.700. The molecule has 0 spiro atoms. The molecule has 0 aliphatic rings. The van der Waals surface area contributed by atoms with Gasteiger partial charge >= 0.3 is 0 Å². The molecule has 0 aromatic carbocycles. The second-order valence-corrected chi connectivity index (χ2v) is 4.75. The largest absolute Gasteiger partial charge is 0.331 e. The van der Waals surface area contributed by atoms with Crippen LogP contribution in [0.1, 0.15) is 20.8 Å². The molecule has 0 atom stereocenters. The zero-order valence-corrected chi connectivity index (χ0v) is 11.1. The molecule has 0 aromatic heterocycles. The lowest BCUT2D eigenvalue weighted by Gasteiger charge is -2.15. The van der Waals surface area contributed by atoms with Gasteiger partial charge in [-0.15, -0.1) is 0 Å². The summed E-state index contributed by atoms with van der Waals surface area (Å²) in [5.74, 6) is 0. The van der Waals surface area contributed by atoms with Gasteiger partial charge in [-0.1, -0.05) is 0 Å². The van der Waals surface area contributed by atoms with Crippen molar-refractivity contribution in [1.29, 1.82) is 0 Å². The van der Waals surface area contributed by atoms with E-state index in [1.165, 1.54) is 0 Å². The minimum atomic E-state index is -0.902. The van der Waals surface area contributed by atoms with Gasteiger partial charge in [0.2, 0.25) is 8.38 Å². The van der Waals surface area contributed by atoms with E-state index < -0.39 is 8.38 Å². The third-order valence-corrected chi connectivity index (χ3v) is 3.10. The predicted octanol–water partition coefficient (Wildman–Crippen LogP) is 2.82. The normalized spacial score (nSPS) is 12.8. The number of nitrogens with zero attached hydrogens (tertiary/aromatic N) is 2.